The summed E-state index contributed by atoms with van der Waals surface area (Å²) in [6, 6.07) is 6.10. The number of pyridine rings is 1. The van der Waals surface area contributed by atoms with Crippen LogP contribution < -0.4 is 9.64 Å². The Kier molecular flexibility index (Phi) is 6.91. The quantitative estimate of drug-likeness (QED) is 0.658. The Morgan fingerprint density at radius 1 is 1.28 bits per heavy atom. The van der Waals surface area contributed by atoms with Crippen molar-refractivity contribution in [2.45, 2.75) is 19.8 Å². The molecular weight excluding hydrogens is 437 g/mol. The van der Waals surface area contributed by atoms with Gasteiger partial charge in [0.15, 0.2) is 18.2 Å². The first kappa shape index (κ1) is 22.5. The molecule has 1 fully saturated rings. The zero-order valence-electron chi connectivity index (χ0n) is 17.9. The summed E-state index contributed by atoms with van der Waals surface area (Å²) in [7, 11) is 0. The maximum atomic E-state index is 13.5. The lowest BCUT2D eigenvalue weighted by molar-refractivity contribution is -0.133. The highest BCUT2D eigenvalue weighted by Crippen LogP contribution is 2.35. The Morgan fingerprint density at radius 2 is 2.06 bits per heavy atom. The van der Waals surface area contributed by atoms with E-state index in [0.29, 0.717) is 48.3 Å². The first-order chi connectivity index (χ1) is 15.5. The van der Waals surface area contributed by atoms with E-state index >= 15 is 0 Å². The second kappa shape index (κ2) is 9.83. The number of piperidine rings is 1. The Balaban J connectivity index is 1.46. The molecule has 1 saturated heterocycles. The number of anilines is 1. The van der Waals surface area contributed by atoms with Crippen LogP contribution in [0, 0.1) is 11.7 Å². The molecule has 0 saturated carbocycles. The van der Waals surface area contributed by atoms with Crippen LogP contribution in [0.2, 0.25) is 5.02 Å². The molecule has 0 atom stereocenters. The van der Waals surface area contributed by atoms with Crippen molar-refractivity contribution in [1.82, 2.24) is 9.88 Å². The number of ether oxygens (including phenoxy) is 2. The van der Waals surface area contributed by atoms with Crippen LogP contribution in [0.4, 0.5) is 10.2 Å². The molecule has 0 N–H and O–H groups in total. The van der Waals surface area contributed by atoms with Crippen molar-refractivity contribution < 1.29 is 23.5 Å². The highest BCUT2D eigenvalue weighted by Gasteiger charge is 2.31. The number of carbonyl (C=O) groups is 2. The van der Waals surface area contributed by atoms with Gasteiger partial charge in [0, 0.05) is 38.1 Å². The van der Waals surface area contributed by atoms with Crippen LogP contribution in [-0.2, 0) is 14.3 Å². The average Bonchev–Trinajstić information content (AvgIpc) is 2.81. The van der Waals surface area contributed by atoms with Crippen LogP contribution >= 0.6 is 11.6 Å². The van der Waals surface area contributed by atoms with Gasteiger partial charge in [-0.3, -0.25) is 14.5 Å². The molecule has 0 bridgehead atoms. The lowest BCUT2D eigenvalue weighted by Gasteiger charge is -2.34. The Hall–Kier alpha value is -2.71. The third-order valence-corrected chi connectivity index (χ3v) is 6.10. The van der Waals surface area contributed by atoms with Crippen LogP contribution in [0.3, 0.4) is 0 Å². The number of fused-ring (bicyclic) bond motifs is 1. The van der Waals surface area contributed by atoms with Crippen LogP contribution in [0.5, 0.6) is 5.75 Å². The Labute approximate surface area is 191 Å². The summed E-state index contributed by atoms with van der Waals surface area (Å²) in [6.07, 6.45) is 3.34. The van der Waals surface area contributed by atoms with E-state index in [9.17, 15) is 14.0 Å². The van der Waals surface area contributed by atoms with Crippen molar-refractivity contribution in [2.75, 3.05) is 44.4 Å². The minimum atomic E-state index is -0.505. The molecule has 7 nitrogen and oxygen atoms in total. The van der Waals surface area contributed by atoms with E-state index in [0.717, 1.165) is 19.4 Å². The standard InChI is InChI=1S/C23H25ClFN3O4/c1-2-31-13-15-5-7-27(8-6-15)21(29)12-28-22(30)14-32-20-10-17(11-26-23(20)28)16-3-4-19(25)18(24)9-16/h3-4,9-11,15H,2,5-8,12-14H2,1H3. The van der Waals surface area contributed by atoms with Gasteiger partial charge >= 0.3 is 0 Å². The summed E-state index contributed by atoms with van der Waals surface area (Å²) < 4.78 is 24.5. The number of carbonyl (C=O) groups excluding carboxylic acids is 2. The van der Waals surface area contributed by atoms with Crippen molar-refractivity contribution in [3.05, 3.63) is 41.3 Å². The molecule has 4 rings (SSSR count). The van der Waals surface area contributed by atoms with E-state index in [2.05, 4.69) is 4.98 Å². The van der Waals surface area contributed by atoms with Crippen molar-refractivity contribution in [1.29, 1.82) is 0 Å². The Bertz CT molecular complexity index is 1010. The second-order valence-electron chi connectivity index (χ2n) is 7.93. The third-order valence-electron chi connectivity index (χ3n) is 5.81. The van der Waals surface area contributed by atoms with Gasteiger partial charge < -0.3 is 14.4 Å². The summed E-state index contributed by atoms with van der Waals surface area (Å²) in [6.45, 7) is 4.44. The lowest BCUT2D eigenvalue weighted by Crippen LogP contribution is -2.48. The third kappa shape index (κ3) is 4.86. The monoisotopic (exact) mass is 461 g/mol. The fraction of sp³-hybridized carbons (Fsp3) is 0.435. The molecule has 0 spiro atoms. The zero-order chi connectivity index (χ0) is 22.7. The first-order valence-electron chi connectivity index (χ1n) is 10.7. The van der Waals surface area contributed by atoms with E-state index in [4.69, 9.17) is 21.1 Å². The second-order valence-corrected chi connectivity index (χ2v) is 8.33. The van der Waals surface area contributed by atoms with Crippen molar-refractivity contribution in [3.8, 4) is 16.9 Å². The fourth-order valence-corrected chi connectivity index (χ4v) is 4.13. The minimum Gasteiger partial charge on any atom is -0.480 e. The molecular formula is C23H25ClFN3O4. The van der Waals surface area contributed by atoms with Gasteiger partial charge in [-0.15, -0.1) is 0 Å². The number of hydrogen-bond acceptors (Lipinski definition) is 5. The minimum absolute atomic E-state index is 0.00793. The molecule has 1 aromatic heterocycles. The average molecular weight is 462 g/mol. The molecule has 2 aliphatic heterocycles. The maximum absolute atomic E-state index is 13.5. The molecule has 0 radical (unpaired) electrons. The molecule has 170 valence electrons. The lowest BCUT2D eigenvalue weighted by atomic mass is 9.98. The molecule has 2 amide bonds. The summed E-state index contributed by atoms with van der Waals surface area (Å²) in [5.74, 6) is 0.225. The van der Waals surface area contributed by atoms with Crippen LogP contribution in [0.15, 0.2) is 30.5 Å². The smallest absolute Gasteiger partial charge is 0.266 e. The Morgan fingerprint density at radius 3 is 2.78 bits per heavy atom. The molecule has 2 aliphatic rings. The van der Waals surface area contributed by atoms with Gasteiger partial charge in [-0.2, -0.15) is 0 Å². The highest BCUT2D eigenvalue weighted by molar-refractivity contribution is 6.31. The summed E-state index contributed by atoms with van der Waals surface area (Å²) >= 11 is 5.89. The van der Waals surface area contributed by atoms with Crippen molar-refractivity contribution in [2.24, 2.45) is 5.92 Å². The molecule has 2 aromatic rings. The molecule has 3 heterocycles. The van der Waals surface area contributed by atoms with E-state index in [1.807, 2.05) is 6.92 Å². The maximum Gasteiger partial charge on any atom is 0.266 e. The molecule has 32 heavy (non-hydrogen) atoms. The van der Waals surface area contributed by atoms with Crippen LogP contribution in [0.25, 0.3) is 11.1 Å². The normalized spacial score (nSPS) is 16.7. The van der Waals surface area contributed by atoms with Gasteiger partial charge in [0.2, 0.25) is 5.91 Å². The number of rotatable bonds is 6. The zero-order valence-corrected chi connectivity index (χ0v) is 18.6. The molecule has 9 heteroatoms. The van der Waals surface area contributed by atoms with E-state index in [-0.39, 0.29) is 30.0 Å². The fourth-order valence-electron chi connectivity index (χ4n) is 3.95. The van der Waals surface area contributed by atoms with Gasteiger partial charge in [-0.1, -0.05) is 17.7 Å². The number of halogens is 2. The van der Waals surface area contributed by atoms with Crippen LogP contribution in [-0.4, -0.2) is 61.2 Å². The number of benzene rings is 1. The predicted molar refractivity (Wildman–Crippen MR) is 118 cm³/mol. The number of likely N-dealkylation sites (tertiary alicyclic amines) is 1. The van der Waals surface area contributed by atoms with E-state index in [1.54, 1.807) is 23.2 Å². The summed E-state index contributed by atoms with van der Waals surface area (Å²) in [5, 5.41) is 0.00793. The highest BCUT2D eigenvalue weighted by atomic mass is 35.5. The van der Waals surface area contributed by atoms with Gasteiger partial charge in [0.1, 0.15) is 12.4 Å². The van der Waals surface area contributed by atoms with Gasteiger partial charge in [0.05, 0.1) is 5.02 Å². The molecule has 0 aliphatic carbocycles. The number of amides is 2. The van der Waals surface area contributed by atoms with E-state index in [1.165, 1.54) is 17.0 Å². The van der Waals surface area contributed by atoms with Crippen molar-refractivity contribution >= 4 is 29.2 Å². The molecule has 1 aromatic carbocycles. The predicted octanol–water partition coefficient (Wildman–Crippen LogP) is 3.54. The van der Waals surface area contributed by atoms with Crippen molar-refractivity contribution in [3.63, 3.8) is 0 Å². The van der Waals surface area contributed by atoms with Gasteiger partial charge in [-0.25, -0.2) is 9.37 Å². The van der Waals surface area contributed by atoms with Crippen LogP contribution in [0.1, 0.15) is 19.8 Å². The molecule has 0 unspecified atom stereocenters. The summed E-state index contributed by atoms with van der Waals surface area (Å²) in [4.78, 5) is 32.9. The van der Waals surface area contributed by atoms with E-state index < -0.39 is 5.82 Å². The first-order valence-corrected chi connectivity index (χ1v) is 11.1. The topological polar surface area (TPSA) is 72.0 Å². The number of nitrogens with zero attached hydrogens (tertiary/aromatic N) is 3. The van der Waals surface area contributed by atoms with Gasteiger partial charge in [-0.05, 0) is 49.4 Å². The SMILES string of the molecule is CCOCC1CCN(C(=O)CN2C(=O)COc3cc(-c4ccc(F)c(Cl)c4)cnc32)CC1. The van der Waals surface area contributed by atoms with Gasteiger partial charge in [0.25, 0.3) is 5.91 Å². The number of hydrogen-bond donors (Lipinski definition) is 0. The number of aromatic nitrogens is 1. The summed E-state index contributed by atoms with van der Waals surface area (Å²) in [5.41, 5.74) is 1.34. The largest absolute Gasteiger partial charge is 0.480 e.